The molecule has 4 aromatic rings. The van der Waals surface area contributed by atoms with E-state index in [4.69, 9.17) is 28.9 Å². The molecule has 0 aliphatic rings. The van der Waals surface area contributed by atoms with Crippen LogP contribution in [-0.2, 0) is 17.9 Å². The number of benzene rings is 2. The molecule has 0 spiro atoms. The second kappa shape index (κ2) is 9.54. The molecule has 32 heavy (non-hydrogen) atoms. The molecular formula is C22H23ClN6O2S. The van der Waals surface area contributed by atoms with Crippen molar-refractivity contribution in [3.8, 4) is 11.4 Å². The van der Waals surface area contributed by atoms with Crippen molar-refractivity contribution in [1.29, 1.82) is 0 Å². The van der Waals surface area contributed by atoms with E-state index in [1.165, 1.54) is 0 Å². The van der Waals surface area contributed by atoms with Crippen LogP contribution in [0.3, 0.4) is 0 Å². The van der Waals surface area contributed by atoms with E-state index in [9.17, 15) is 9.59 Å². The number of aromatic nitrogens is 5. The van der Waals surface area contributed by atoms with Crippen LogP contribution >= 0.6 is 23.8 Å². The van der Waals surface area contributed by atoms with Gasteiger partial charge in [0.1, 0.15) is 0 Å². The van der Waals surface area contributed by atoms with Gasteiger partial charge < -0.3 is 15.3 Å². The average molecular weight is 471 g/mol. The van der Waals surface area contributed by atoms with Gasteiger partial charge in [0.05, 0.1) is 17.6 Å². The van der Waals surface area contributed by atoms with Gasteiger partial charge in [-0.25, -0.2) is 9.48 Å². The van der Waals surface area contributed by atoms with E-state index in [0.29, 0.717) is 33.1 Å². The summed E-state index contributed by atoms with van der Waals surface area (Å²) in [5.74, 6) is 0.600. The number of hydrogen-bond donors (Lipinski definition) is 3. The van der Waals surface area contributed by atoms with Gasteiger partial charge in [0.25, 0.3) is 0 Å². The summed E-state index contributed by atoms with van der Waals surface area (Å²) >= 11 is 11.7. The molecule has 0 radical (unpaired) electrons. The third-order valence-corrected chi connectivity index (χ3v) is 5.79. The number of carbonyl (C=O) groups excluding carboxylic acids is 1. The molecule has 2 aromatic heterocycles. The van der Waals surface area contributed by atoms with Crippen LogP contribution in [0, 0.1) is 4.77 Å². The maximum absolute atomic E-state index is 12.5. The highest BCUT2D eigenvalue weighted by Gasteiger charge is 2.14. The van der Waals surface area contributed by atoms with E-state index in [1.807, 2.05) is 28.8 Å². The number of anilines is 1. The van der Waals surface area contributed by atoms with Crippen LogP contribution in [0.25, 0.3) is 22.4 Å². The molecule has 2 aromatic carbocycles. The summed E-state index contributed by atoms with van der Waals surface area (Å²) in [5.41, 5.74) is 2.57. The van der Waals surface area contributed by atoms with E-state index in [0.717, 1.165) is 30.8 Å². The Bertz CT molecular complexity index is 1370. The Balaban J connectivity index is 1.50. The smallest absolute Gasteiger partial charge is 0.323 e. The van der Waals surface area contributed by atoms with Gasteiger partial charge in [-0.3, -0.25) is 9.36 Å². The molecule has 2 heterocycles. The minimum Gasteiger partial charge on any atom is -0.326 e. The van der Waals surface area contributed by atoms with Gasteiger partial charge in [-0.1, -0.05) is 24.9 Å². The monoisotopic (exact) mass is 470 g/mol. The molecule has 0 aliphatic carbocycles. The first kappa shape index (κ1) is 22.0. The van der Waals surface area contributed by atoms with Crippen molar-refractivity contribution in [3.63, 3.8) is 0 Å². The molecule has 0 saturated heterocycles. The van der Waals surface area contributed by atoms with E-state index in [2.05, 4.69) is 22.2 Å². The number of nitrogens with one attached hydrogen (secondary N) is 3. The van der Waals surface area contributed by atoms with Crippen molar-refractivity contribution in [1.82, 2.24) is 24.3 Å². The molecule has 166 valence electrons. The number of H-pyrrole nitrogens is 2. The fraction of sp³-hybridized carbons (Fsp3) is 0.273. The van der Waals surface area contributed by atoms with Crippen molar-refractivity contribution in [2.45, 2.75) is 39.3 Å². The lowest BCUT2D eigenvalue weighted by Crippen LogP contribution is -2.15. The summed E-state index contributed by atoms with van der Waals surface area (Å²) in [5, 5.41) is 8.21. The lowest BCUT2D eigenvalue weighted by atomic mass is 10.2. The Kier molecular flexibility index (Phi) is 6.57. The van der Waals surface area contributed by atoms with E-state index in [-0.39, 0.29) is 18.0 Å². The number of rotatable bonds is 8. The number of aromatic amines is 2. The van der Waals surface area contributed by atoms with Crippen LogP contribution in [0.15, 0.2) is 47.3 Å². The number of amides is 1. The van der Waals surface area contributed by atoms with Crippen molar-refractivity contribution in [2.24, 2.45) is 0 Å². The SMILES string of the molecule is CCCCn1c(-c2ccc(Cl)cc2)nn(CCC(=O)Nc2ccc3[nH]c(=O)[nH]c3c2)c1=S. The summed E-state index contributed by atoms with van der Waals surface area (Å²) in [4.78, 5) is 29.3. The van der Waals surface area contributed by atoms with E-state index >= 15 is 0 Å². The van der Waals surface area contributed by atoms with Crippen molar-refractivity contribution in [2.75, 3.05) is 5.32 Å². The minimum atomic E-state index is -0.284. The van der Waals surface area contributed by atoms with Crippen molar-refractivity contribution >= 4 is 46.4 Å². The number of halogens is 1. The predicted molar refractivity (Wildman–Crippen MR) is 129 cm³/mol. The fourth-order valence-corrected chi connectivity index (χ4v) is 3.89. The third-order valence-electron chi connectivity index (χ3n) is 5.11. The molecule has 3 N–H and O–H groups in total. The Morgan fingerprint density at radius 1 is 1.12 bits per heavy atom. The molecule has 0 unspecified atom stereocenters. The number of aryl methyl sites for hydroxylation is 1. The first-order valence-corrected chi connectivity index (χ1v) is 11.2. The zero-order chi connectivity index (χ0) is 22.7. The standard InChI is InChI=1S/C22H23ClN6O2S/c1-2-3-11-28-20(14-4-6-15(23)7-5-14)27-29(22(28)32)12-10-19(30)24-16-8-9-17-18(13-16)26-21(31)25-17/h4-9,13H,2-3,10-12H2,1H3,(H,24,30)(H2,25,26,31). The van der Waals surface area contributed by atoms with Gasteiger partial charge >= 0.3 is 5.69 Å². The van der Waals surface area contributed by atoms with Crippen LogP contribution in [0.2, 0.25) is 5.02 Å². The second-order valence-corrected chi connectivity index (χ2v) is 8.28. The molecule has 0 aliphatic heterocycles. The first-order valence-electron chi connectivity index (χ1n) is 10.4. The van der Waals surface area contributed by atoms with Crippen LogP contribution in [0.5, 0.6) is 0 Å². The summed E-state index contributed by atoms with van der Waals surface area (Å²) in [6.45, 7) is 3.24. The Morgan fingerprint density at radius 2 is 1.88 bits per heavy atom. The Hall–Kier alpha value is -3.17. The molecule has 0 atom stereocenters. The number of nitrogens with zero attached hydrogens (tertiary/aromatic N) is 3. The fourth-order valence-electron chi connectivity index (χ4n) is 3.46. The summed E-state index contributed by atoms with van der Waals surface area (Å²) < 4.78 is 4.29. The molecule has 1 amide bonds. The lowest BCUT2D eigenvalue weighted by Gasteiger charge is -2.06. The minimum absolute atomic E-state index is 0.166. The first-order chi connectivity index (χ1) is 15.4. The Labute approximate surface area is 194 Å². The maximum atomic E-state index is 12.5. The van der Waals surface area contributed by atoms with E-state index < -0.39 is 0 Å². The van der Waals surface area contributed by atoms with Crippen molar-refractivity contribution in [3.05, 3.63) is 62.7 Å². The van der Waals surface area contributed by atoms with Crippen LogP contribution in [0.1, 0.15) is 26.2 Å². The largest absolute Gasteiger partial charge is 0.326 e. The molecule has 0 saturated carbocycles. The molecule has 4 rings (SSSR count). The highest BCUT2D eigenvalue weighted by molar-refractivity contribution is 7.71. The van der Waals surface area contributed by atoms with Gasteiger partial charge in [-0.05, 0) is 61.1 Å². The number of imidazole rings is 1. The normalized spacial score (nSPS) is 11.2. The topological polar surface area (TPSA) is 100 Å². The van der Waals surface area contributed by atoms with Gasteiger partial charge in [-0.2, -0.15) is 5.10 Å². The highest BCUT2D eigenvalue weighted by atomic mass is 35.5. The van der Waals surface area contributed by atoms with Gasteiger partial charge in [-0.15, -0.1) is 0 Å². The van der Waals surface area contributed by atoms with Crippen molar-refractivity contribution < 1.29 is 4.79 Å². The lowest BCUT2D eigenvalue weighted by molar-refractivity contribution is -0.116. The second-order valence-electron chi connectivity index (χ2n) is 7.48. The Morgan fingerprint density at radius 3 is 2.62 bits per heavy atom. The molecule has 10 heteroatoms. The zero-order valence-corrected chi connectivity index (χ0v) is 19.1. The molecule has 0 fully saturated rings. The van der Waals surface area contributed by atoms with Crippen LogP contribution in [0.4, 0.5) is 5.69 Å². The van der Waals surface area contributed by atoms with E-state index in [1.54, 1.807) is 22.9 Å². The predicted octanol–water partition coefficient (Wildman–Crippen LogP) is 4.73. The summed E-state index contributed by atoms with van der Waals surface area (Å²) in [6.07, 6.45) is 2.22. The summed E-state index contributed by atoms with van der Waals surface area (Å²) in [7, 11) is 0. The maximum Gasteiger partial charge on any atom is 0.323 e. The molecule has 8 nitrogen and oxygen atoms in total. The quantitative estimate of drug-likeness (QED) is 0.324. The zero-order valence-electron chi connectivity index (χ0n) is 17.5. The average Bonchev–Trinajstić information content (AvgIpc) is 3.29. The molecule has 0 bridgehead atoms. The number of unbranched alkanes of at least 4 members (excludes halogenated alkanes) is 1. The summed E-state index contributed by atoms with van der Waals surface area (Å²) in [6, 6.07) is 12.7. The van der Waals surface area contributed by atoms with Gasteiger partial charge in [0.15, 0.2) is 10.6 Å². The highest BCUT2D eigenvalue weighted by Crippen LogP contribution is 2.22. The van der Waals surface area contributed by atoms with Gasteiger partial charge in [0, 0.05) is 29.2 Å². The third kappa shape index (κ3) is 4.84. The van der Waals surface area contributed by atoms with Crippen LogP contribution in [-0.4, -0.2) is 30.2 Å². The number of hydrogen-bond acceptors (Lipinski definition) is 4. The number of carbonyl (C=O) groups is 1. The molecular weight excluding hydrogens is 448 g/mol. The van der Waals surface area contributed by atoms with Crippen LogP contribution < -0.4 is 11.0 Å². The van der Waals surface area contributed by atoms with Gasteiger partial charge in [0.2, 0.25) is 5.91 Å². The number of fused-ring (bicyclic) bond motifs is 1.